The van der Waals surface area contributed by atoms with Crippen LogP contribution in [0.1, 0.15) is 25.3 Å². The average molecular weight is 266 g/mol. The number of H-pyrrole nitrogens is 1. The molecule has 0 aliphatic rings. The van der Waals surface area contributed by atoms with Crippen LogP contribution in [-0.4, -0.2) is 4.98 Å². The molecule has 15 heavy (non-hydrogen) atoms. The molecular formula is C12H12BrNO. The van der Waals surface area contributed by atoms with Crippen molar-refractivity contribution in [3.8, 4) is 0 Å². The highest BCUT2D eigenvalue weighted by Gasteiger charge is 2.06. The molecule has 0 aliphatic carbocycles. The lowest BCUT2D eigenvalue weighted by Gasteiger charge is -2.09. The molecule has 1 N–H and O–H groups in total. The van der Waals surface area contributed by atoms with Crippen LogP contribution >= 0.6 is 15.9 Å². The van der Waals surface area contributed by atoms with E-state index in [0.717, 1.165) is 20.9 Å². The molecule has 3 heteroatoms. The summed E-state index contributed by atoms with van der Waals surface area (Å²) in [7, 11) is 0. The molecule has 0 saturated heterocycles. The second-order valence-electron chi connectivity index (χ2n) is 3.93. The van der Waals surface area contributed by atoms with Crippen LogP contribution in [0.15, 0.2) is 33.5 Å². The van der Waals surface area contributed by atoms with Gasteiger partial charge in [0.15, 0.2) is 0 Å². The van der Waals surface area contributed by atoms with Crippen LogP contribution in [0.4, 0.5) is 0 Å². The minimum absolute atomic E-state index is 0.0377. The second-order valence-corrected chi connectivity index (χ2v) is 4.85. The Bertz CT molecular complexity index is 557. The molecule has 1 aromatic heterocycles. The van der Waals surface area contributed by atoms with Gasteiger partial charge in [-0.25, -0.2) is 0 Å². The van der Waals surface area contributed by atoms with E-state index in [0.29, 0.717) is 5.92 Å². The van der Waals surface area contributed by atoms with Gasteiger partial charge in [-0.2, -0.15) is 0 Å². The first kappa shape index (κ1) is 10.4. The Kier molecular flexibility index (Phi) is 2.65. The van der Waals surface area contributed by atoms with Crippen molar-refractivity contribution in [1.29, 1.82) is 0 Å². The zero-order valence-corrected chi connectivity index (χ0v) is 10.3. The fraction of sp³-hybridized carbons (Fsp3) is 0.250. The van der Waals surface area contributed by atoms with Gasteiger partial charge in [0, 0.05) is 21.4 Å². The number of nitrogens with one attached hydrogen (secondary N) is 1. The second kappa shape index (κ2) is 3.81. The first-order valence-electron chi connectivity index (χ1n) is 4.90. The topological polar surface area (TPSA) is 32.9 Å². The highest BCUT2D eigenvalue weighted by Crippen LogP contribution is 2.24. The van der Waals surface area contributed by atoms with Crippen LogP contribution < -0.4 is 5.56 Å². The molecule has 0 fully saturated rings. The molecule has 0 bridgehead atoms. The minimum Gasteiger partial charge on any atom is -0.322 e. The third kappa shape index (κ3) is 1.97. The standard InChI is InChI=1S/C12H12BrNO/c1-7(2)10-6-12(15)14-11-5-8(13)3-4-9(10)11/h3-7H,1-2H3,(H,14,15). The van der Waals surface area contributed by atoms with Crippen molar-refractivity contribution in [3.63, 3.8) is 0 Å². The molecule has 1 heterocycles. The molecule has 0 atom stereocenters. The Balaban J connectivity index is 2.86. The molecule has 0 aliphatic heterocycles. The third-order valence-corrected chi connectivity index (χ3v) is 2.95. The maximum Gasteiger partial charge on any atom is 0.248 e. The Morgan fingerprint density at radius 2 is 2.00 bits per heavy atom. The van der Waals surface area contributed by atoms with Gasteiger partial charge in [0.1, 0.15) is 0 Å². The van der Waals surface area contributed by atoms with E-state index in [1.54, 1.807) is 6.07 Å². The van der Waals surface area contributed by atoms with Crippen LogP contribution in [0.3, 0.4) is 0 Å². The van der Waals surface area contributed by atoms with Gasteiger partial charge in [-0.3, -0.25) is 4.79 Å². The van der Waals surface area contributed by atoms with Gasteiger partial charge in [-0.1, -0.05) is 35.8 Å². The summed E-state index contributed by atoms with van der Waals surface area (Å²) < 4.78 is 0.978. The molecule has 0 unspecified atom stereocenters. The molecule has 2 rings (SSSR count). The van der Waals surface area contributed by atoms with Gasteiger partial charge in [0.05, 0.1) is 0 Å². The molecule has 2 aromatic rings. The highest BCUT2D eigenvalue weighted by molar-refractivity contribution is 9.10. The van der Waals surface area contributed by atoms with Crippen molar-refractivity contribution in [1.82, 2.24) is 4.98 Å². The van der Waals surface area contributed by atoms with Crippen LogP contribution in [-0.2, 0) is 0 Å². The summed E-state index contributed by atoms with van der Waals surface area (Å²) in [5.74, 6) is 0.357. The first-order chi connectivity index (χ1) is 7.08. The van der Waals surface area contributed by atoms with Crippen LogP contribution in [0.2, 0.25) is 0 Å². The van der Waals surface area contributed by atoms with E-state index in [1.807, 2.05) is 18.2 Å². The van der Waals surface area contributed by atoms with E-state index in [9.17, 15) is 4.79 Å². The van der Waals surface area contributed by atoms with E-state index in [-0.39, 0.29) is 5.56 Å². The number of fused-ring (bicyclic) bond motifs is 1. The largest absolute Gasteiger partial charge is 0.322 e. The SMILES string of the molecule is CC(C)c1cc(=O)[nH]c2cc(Br)ccc12. The van der Waals surface area contributed by atoms with Gasteiger partial charge in [-0.05, 0) is 23.6 Å². The maximum absolute atomic E-state index is 11.4. The van der Waals surface area contributed by atoms with Crippen LogP contribution in [0.25, 0.3) is 10.9 Å². The Hall–Kier alpha value is -1.09. The van der Waals surface area contributed by atoms with Crippen molar-refractivity contribution >= 4 is 26.8 Å². The number of hydrogen-bond donors (Lipinski definition) is 1. The lowest BCUT2D eigenvalue weighted by Crippen LogP contribution is -2.07. The molecular weight excluding hydrogens is 254 g/mol. The summed E-state index contributed by atoms with van der Waals surface area (Å²) in [6.07, 6.45) is 0. The van der Waals surface area contributed by atoms with E-state index >= 15 is 0 Å². The van der Waals surface area contributed by atoms with E-state index < -0.39 is 0 Å². The van der Waals surface area contributed by atoms with E-state index in [4.69, 9.17) is 0 Å². The van der Waals surface area contributed by atoms with Crippen molar-refractivity contribution in [2.45, 2.75) is 19.8 Å². The highest BCUT2D eigenvalue weighted by atomic mass is 79.9. The zero-order valence-electron chi connectivity index (χ0n) is 8.67. The lowest BCUT2D eigenvalue weighted by atomic mass is 9.99. The molecule has 0 spiro atoms. The van der Waals surface area contributed by atoms with Crippen LogP contribution in [0, 0.1) is 0 Å². The van der Waals surface area contributed by atoms with Gasteiger partial charge in [-0.15, -0.1) is 0 Å². The van der Waals surface area contributed by atoms with Crippen molar-refractivity contribution in [2.75, 3.05) is 0 Å². The number of aromatic amines is 1. The Labute approximate surface area is 96.5 Å². The summed E-state index contributed by atoms with van der Waals surface area (Å²) in [4.78, 5) is 14.3. The number of pyridine rings is 1. The molecule has 0 saturated carbocycles. The van der Waals surface area contributed by atoms with Crippen molar-refractivity contribution in [3.05, 3.63) is 44.7 Å². The van der Waals surface area contributed by atoms with Crippen molar-refractivity contribution < 1.29 is 0 Å². The van der Waals surface area contributed by atoms with Crippen LogP contribution in [0.5, 0.6) is 0 Å². The summed E-state index contributed by atoms with van der Waals surface area (Å²) in [6.45, 7) is 4.19. The van der Waals surface area contributed by atoms with Gasteiger partial charge < -0.3 is 4.98 Å². The summed E-state index contributed by atoms with van der Waals surface area (Å²) in [6, 6.07) is 7.64. The number of halogens is 1. The van der Waals surface area contributed by atoms with E-state index in [1.165, 1.54) is 0 Å². The monoisotopic (exact) mass is 265 g/mol. The molecule has 0 amide bonds. The number of rotatable bonds is 1. The molecule has 2 nitrogen and oxygen atoms in total. The fourth-order valence-electron chi connectivity index (χ4n) is 1.74. The number of aromatic nitrogens is 1. The predicted molar refractivity (Wildman–Crippen MR) is 66.4 cm³/mol. The van der Waals surface area contributed by atoms with E-state index in [2.05, 4.69) is 34.8 Å². The van der Waals surface area contributed by atoms with Gasteiger partial charge >= 0.3 is 0 Å². The molecule has 78 valence electrons. The number of hydrogen-bond acceptors (Lipinski definition) is 1. The quantitative estimate of drug-likeness (QED) is 0.842. The average Bonchev–Trinajstić information content (AvgIpc) is 2.15. The summed E-state index contributed by atoms with van der Waals surface area (Å²) >= 11 is 3.40. The summed E-state index contributed by atoms with van der Waals surface area (Å²) in [5.41, 5.74) is 1.95. The fourth-order valence-corrected chi connectivity index (χ4v) is 2.10. The lowest BCUT2D eigenvalue weighted by molar-refractivity contribution is 0.872. The first-order valence-corrected chi connectivity index (χ1v) is 5.69. The molecule has 1 aromatic carbocycles. The predicted octanol–water partition coefficient (Wildman–Crippen LogP) is 3.41. The minimum atomic E-state index is -0.0377. The smallest absolute Gasteiger partial charge is 0.248 e. The van der Waals surface area contributed by atoms with Gasteiger partial charge in [0.25, 0.3) is 0 Å². The Morgan fingerprint density at radius 3 is 2.67 bits per heavy atom. The van der Waals surface area contributed by atoms with Gasteiger partial charge in [0.2, 0.25) is 5.56 Å². The maximum atomic E-state index is 11.4. The van der Waals surface area contributed by atoms with Crippen molar-refractivity contribution in [2.24, 2.45) is 0 Å². The third-order valence-electron chi connectivity index (χ3n) is 2.46. The zero-order chi connectivity index (χ0) is 11.0. The molecule has 0 radical (unpaired) electrons. The number of benzene rings is 1. The normalized spacial score (nSPS) is 11.2. The summed E-state index contributed by atoms with van der Waals surface area (Å²) in [5, 5.41) is 1.12. The Morgan fingerprint density at radius 1 is 1.27 bits per heavy atom.